The maximum absolute atomic E-state index is 12.2. The van der Waals surface area contributed by atoms with Crippen LogP contribution in [0.3, 0.4) is 0 Å². The number of amides is 1. The number of fused-ring (bicyclic) bond motifs is 1. The third kappa shape index (κ3) is 3.65. The molecule has 0 spiro atoms. The van der Waals surface area contributed by atoms with Gasteiger partial charge in [-0.1, -0.05) is 32.1 Å². The van der Waals surface area contributed by atoms with Gasteiger partial charge in [-0.05, 0) is 52.0 Å². The second kappa shape index (κ2) is 7.33. The number of carbonyl (C=O) groups is 1. The zero-order valence-corrected chi connectivity index (χ0v) is 15.7. The van der Waals surface area contributed by atoms with Crippen molar-refractivity contribution in [3.63, 3.8) is 0 Å². The Morgan fingerprint density at radius 1 is 1.00 bits per heavy atom. The summed E-state index contributed by atoms with van der Waals surface area (Å²) in [7, 11) is 0. The van der Waals surface area contributed by atoms with Gasteiger partial charge in [0.1, 0.15) is 0 Å². The highest BCUT2D eigenvalue weighted by atomic mass is 16.3. The summed E-state index contributed by atoms with van der Waals surface area (Å²) in [5.41, 5.74) is -0.491. The lowest BCUT2D eigenvalue weighted by atomic mass is 9.78. The molecule has 138 valence electrons. The van der Waals surface area contributed by atoms with Crippen LogP contribution in [0, 0.1) is 0 Å². The minimum Gasteiger partial charge on any atom is -0.389 e. The topological polar surface area (TPSA) is 43.8 Å². The highest BCUT2D eigenvalue weighted by Crippen LogP contribution is 2.40. The number of aliphatic hydroxyl groups is 1. The molecule has 1 N–H and O–H groups in total. The Hall–Kier alpha value is -0.610. The number of rotatable bonds is 2. The van der Waals surface area contributed by atoms with E-state index in [2.05, 4.69) is 16.7 Å². The highest BCUT2D eigenvalue weighted by molar-refractivity contribution is 5.74. The molecule has 2 heterocycles. The van der Waals surface area contributed by atoms with Crippen LogP contribution in [0.5, 0.6) is 0 Å². The number of hydrogen-bond acceptors (Lipinski definition) is 3. The second-order valence-electron chi connectivity index (χ2n) is 8.74. The van der Waals surface area contributed by atoms with E-state index in [1.165, 1.54) is 25.7 Å². The first-order chi connectivity index (χ1) is 11.4. The smallest absolute Gasteiger partial charge is 0.219 e. The van der Waals surface area contributed by atoms with E-state index in [9.17, 15) is 9.90 Å². The summed E-state index contributed by atoms with van der Waals surface area (Å²) in [5, 5.41) is 11.3. The normalized spacial score (nSPS) is 35.0. The minimum absolute atomic E-state index is 0.0302. The Balaban J connectivity index is 1.81. The van der Waals surface area contributed by atoms with Gasteiger partial charge in [0.2, 0.25) is 5.91 Å². The molecule has 0 aromatic heterocycles. The maximum atomic E-state index is 12.2. The Morgan fingerprint density at radius 3 is 2.38 bits per heavy atom. The van der Waals surface area contributed by atoms with Crippen molar-refractivity contribution < 1.29 is 9.90 Å². The molecule has 4 nitrogen and oxygen atoms in total. The van der Waals surface area contributed by atoms with Gasteiger partial charge in [-0.25, -0.2) is 0 Å². The van der Waals surface area contributed by atoms with Crippen molar-refractivity contribution in [2.75, 3.05) is 19.6 Å². The SMILES string of the molecule is CC(=O)N1CCC[C@@]2(C)[C@@H]1CCCCN2CC1(O)CCCCCC1. The average molecular weight is 337 g/mol. The number of β-amino-alcohol motifs (C(OH)–C–C–N with tert-alkyl or cyclic N) is 1. The zero-order chi connectivity index (χ0) is 17.2. The van der Waals surface area contributed by atoms with Crippen LogP contribution in [-0.4, -0.2) is 57.6 Å². The first-order valence-corrected chi connectivity index (χ1v) is 10.2. The average Bonchev–Trinajstić information content (AvgIpc) is 2.84. The first-order valence-electron chi connectivity index (χ1n) is 10.2. The molecule has 24 heavy (non-hydrogen) atoms. The van der Waals surface area contributed by atoms with Gasteiger partial charge in [-0.15, -0.1) is 0 Å². The maximum Gasteiger partial charge on any atom is 0.219 e. The number of hydrogen-bond donors (Lipinski definition) is 1. The number of nitrogens with zero attached hydrogens (tertiary/aromatic N) is 2. The molecule has 2 aliphatic heterocycles. The third-order valence-electron chi connectivity index (χ3n) is 6.98. The van der Waals surface area contributed by atoms with Gasteiger partial charge in [0.25, 0.3) is 0 Å². The Kier molecular flexibility index (Phi) is 5.55. The second-order valence-corrected chi connectivity index (χ2v) is 8.74. The Morgan fingerprint density at radius 2 is 1.71 bits per heavy atom. The van der Waals surface area contributed by atoms with Gasteiger partial charge >= 0.3 is 0 Å². The van der Waals surface area contributed by atoms with Crippen LogP contribution in [0.25, 0.3) is 0 Å². The standard InChI is InChI=1S/C20H36N2O2/c1-17(23)22-15-9-11-19(2)18(22)10-5-8-14-21(19)16-20(24)12-6-3-4-7-13-20/h18,24H,3-16H2,1-2H3/t18-,19-/m0/s1. The van der Waals surface area contributed by atoms with Crippen LogP contribution >= 0.6 is 0 Å². The molecule has 3 rings (SSSR count). The van der Waals surface area contributed by atoms with Gasteiger partial charge < -0.3 is 10.0 Å². The Labute approximate surface area is 147 Å². The molecule has 0 radical (unpaired) electrons. The van der Waals surface area contributed by atoms with E-state index in [0.717, 1.165) is 64.6 Å². The first kappa shape index (κ1) is 18.2. The van der Waals surface area contributed by atoms with Gasteiger partial charge in [0.15, 0.2) is 0 Å². The molecule has 0 bridgehead atoms. The van der Waals surface area contributed by atoms with Crippen molar-refractivity contribution in [2.24, 2.45) is 0 Å². The lowest BCUT2D eigenvalue weighted by Gasteiger charge is -2.54. The van der Waals surface area contributed by atoms with Gasteiger partial charge in [-0.2, -0.15) is 0 Å². The fraction of sp³-hybridized carbons (Fsp3) is 0.950. The van der Waals surface area contributed by atoms with Crippen LogP contribution < -0.4 is 0 Å². The molecule has 1 saturated carbocycles. The largest absolute Gasteiger partial charge is 0.389 e. The molecule has 1 amide bonds. The molecular weight excluding hydrogens is 300 g/mol. The third-order valence-corrected chi connectivity index (χ3v) is 6.98. The molecule has 0 unspecified atom stereocenters. The van der Waals surface area contributed by atoms with E-state index >= 15 is 0 Å². The monoisotopic (exact) mass is 336 g/mol. The fourth-order valence-electron chi connectivity index (χ4n) is 5.53. The van der Waals surface area contributed by atoms with Crippen LogP contribution in [0.1, 0.15) is 84.5 Å². The van der Waals surface area contributed by atoms with E-state index in [4.69, 9.17) is 0 Å². The van der Waals surface area contributed by atoms with E-state index < -0.39 is 5.60 Å². The molecule has 3 aliphatic rings. The van der Waals surface area contributed by atoms with E-state index in [1.807, 2.05) is 0 Å². The van der Waals surface area contributed by atoms with Crippen molar-refractivity contribution >= 4 is 5.91 Å². The number of piperidine rings is 1. The van der Waals surface area contributed by atoms with Crippen LogP contribution in [0.2, 0.25) is 0 Å². The number of carbonyl (C=O) groups excluding carboxylic acids is 1. The van der Waals surface area contributed by atoms with Crippen molar-refractivity contribution in [3.8, 4) is 0 Å². The van der Waals surface area contributed by atoms with Crippen molar-refractivity contribution in [2.45, 2.75) is 102 Å². The summed E-state index contributed by atoms with van der Waals surface area (Å²) in [5.74, 6) is 0.223. The summed E-state index contributed by atoms with van der Waals surface area (Å²) >= 11 is 0. The summed E-state index contributed by atoms with van der Waals surface area (Å²) in [6, 6.07) is 0.320. The minimum atomic E-state index is -0.521. The van der Waals surface area contributed by atoms with Gasteiger partial charge in [0.05, 0.1) is 5.60 Å². The predicted molar refractivity (Wildman–Crippen MR) is 96.9 cm³/mol. The van der Waals surface area contributed by atoms with E-state index in [1.54, 1.807) is 6.92 Å². The summed E-state index contributed by atoms with van der Waals surface area (Å²) in [4.78, 5) is 16.9. The van der Waals surface area contributed by atoms with Crippen molar-refractivity contribution in [3.05, 3.63) is 0 Å². The summed E-state index contributed by atoms with van der Waals surface area (Å²) in [6.45, 7) is 6.86. The van der Waals surface area contributed by atoms with Gasteiger partial charge in [-0.3, -0.25) is 9.69 Å². The molecule has 0 aromatic rings. The van der Waals surface area contributed by atoms with Crippen molar-refractivity contribution in [1.82, 2.24) is 9.80 Å². The van der Waals surface area contributed by atoms with E-state index in [-0.39, 0.29) is 11.4 Å². The molecule has 4 heteroatoms. The molecule has 3 fully saturated rings. The molecular formula is C20H36N2O2. The van der Waals surface area contributed by atoms with Gasteiger partial charge in [0, 0.05) is 31.6 Å². The number of likely N-dealkylation sites (tertiary alicyclic amines) is 2. The zero-order valence-electron chi connectivity index (χ0n) is 15.7. The molecule has 0 aromatic carbocycles. The summed E-state index contributed by atoms with van der Waals surface area (Å²) < 4.78 is 0. The molecule has 2 saturated heterocycles. The Bertz CT molecular complexity index is 445. The van der Waals surface area contributed by atoms with E-state index in [0.29, 0.717) is 6.04 Å². The highest BCUT2D eigenvalue weighted by Gasteiger charge is 2.48. The molecule has 2 atom stereocenters. The van der Waals surface area contributed by atoms with Crippen molar-refractivity contribution in [1.29, 1.82) is 0 Å². The molecule has 1 aliphatic carbocycles. The quantitative estimate of drug-likeness (QED) is 0.787. The fourth-order valence-corrected chi connectivity index (χ4v) is 5.53. The van der Waals surface area contributed by atoms with Crippen LogP contribution in [0.4, 0.5) is 0 Å². The summed E-state index contributed by atoms with van der Waals surface area (Å²) in [6.07, 6.45) is 12.5. The van der Waals surface area contributed by atoms with Crippen LogP contribution in [-0.2, 0) is 4.79 Å². The lowest BCUT2D eigenvalue weighted by molar-refractivity contribution is -0.140. The lowest BCUT2D eigenvalue weighted by Crippen LogP contribution is -2.65. The van der Waals surface area contributed by atoms with Crippen LogP contribution in [0.15, 0.2) is 0 Å². The predicted octanol–water partition coefficient (Wildman–Crippen LogP) is 3.33.